The van der Waals surface area contributed by atoms with Crippen LogP contribution >= 0.6 is 23.2 Å². The van der Waals surface area contributed by atoms with Crippen molar-refractivity contribution in [3.63, 3.8) is 0 Å². The quantitative estimate of drug-likeness (QED) is 0.297. The second kappa shape index (κ2) is 11.5. The third-order valence-corrected chi connectivity index (χ3v) is 9.76. The number of aromatic nitrogens is 1. The van der Waals surface area contributed by atoms with Crippen molar-refractivity contribution in [2.24, 2.45) is 0 Å². The van der Waals surface area contributed by atoms with Crippen molar-refractivity contribution in [1.29, 1.82) is 0 Å². The van der Waals surface area contributed by atoms with Crippen LogP contribution < -0.4 is 5.32 Å². The van der Waals surface area contributed by atoms with Crippen LogP contribution in [0.1, 0.15) is 87.0 Å². The van der Waals surface area contributed by atoms with Crippen molar-refractivity contribution >= 4 is 40.5 Å². The molecule has 2 bridgehead atoms. The zero-order valence-electron chi connectivity index (χ0n) is 23.1. The lowest BCUT2D eigenvalue weighted by Crippen LogP contribution is -2.50. The highest BCUT2D eigenvalue weighted by Crippen LogP contribution is 2.46. The van der Waals surface area contributed by atoms with E-state index in [0.29, 0.717) is 33.8 Å². The molecule has 3 fully saturated rings. The summed E-state index contributed by atoms with van der Waals surface area (Å²) in [6, 6.07) is 14.1. The molecule has 1 aromatic heterocycles. The van der Waals surface area contributed by atoms with Gasteiger partial charge in [0.05, 0.1) is 22.8 Å². The topological polar surface area (TPSA) is 67.6 Å². The number of halogens is 2. The van der Waals surface area contributed by atoms with E-state index in [-0.39, 0.29) is 24.2 Å². The number of ether oxygens (including phenoxy) is 1. The molecule has 2 saturated heterocycles. The van der Waals surface area contributed by atoms with Gasteiger partial charge in [-0.15, -0.1) is 0 Å². The second-order valence-corrected chi connectivity index (χ2v) is 12.7. The molecule has 3 heterocycles. The third kappa shape index (κ3) is 5.54. The third-order valence-electron chi connectivity index (χ3n) is 9.13. The Morgan fingerprint density at radius 2 is 1.78 bits per heavy atom. The van der Waals surface area contributed by atoms with Gasteiger partial charge in [0.15, 0.2) is 0 Å². The molecule has 0 radical (unpaired) electrons. The minimum Gasteiger partial charge on any atom is -0.373 e. The molecule has 2 amide bonds. The maximum Gasteiger partial charge on any atom is 0.322 e. The van der Waals surface area contributed by atoms with Gasteiger partial charge in [-0.2, -0.15) is 0 Å². The number of nitrogens with zero attached hydrogens (tertiary/aromatic N) is 2. The minimum atomic E-state index is -0.00331. The Hall–Kier alpha value is -2.80. The van der Waals surface area contributed by atoms with Crippen LogP contribution in [0, 0.1) is 0 Å². The molecule has 8 heteroatoms. The number of nitrogens with one attached hydrogen (secondary N) is 1. The van der Waals surface area contributed by atoms with E-state index in [1.54, 1.807) is 0 Å². The number of hydrogen-bond acceptors (Lipinski definition) is 4. The molecule has 0 spiro atoms. The highest BCUT2D eigenvalue weighted by Gasteiger charge is 2.44. The number of hydrogen-bond donors (Lipinski definition) is 1. The molecule has 2 unspecified atom stereocenters. The van der Waals surface area contributed by atoms with Gasteiger partial charge in [-0.3, -0.25) is 0 Å². The smallest absolute Gasteiger partial charge is 0.322 e. The fourth-order valence-electron chi connectivity index (χ4n) is 6.93. The fraction of sp³-hybridized carbons (Fsp3) is 0.455. The van der Waals surface area contributed by atoms with Crippen LogP contribution in [-0.4, -0.2) is 34.3 Å². The van der Waals surface area contributed by atoms with Crippen LogP contribution in [-0.2, 0) is 11.3 Å². The average molecular weight is 593 g/mol. The van der Waals surface area contributed by atoms with Crippen molar-refractivity contribution in [2.75, 3.05) is 5.32 Å². The van der Waals surface area contributed by atoms with Crippen LogP contribution in [0.15, 0.2) is 53.1 Å². The zero-order valence-corrected chi connectivity index (χ0v) is 24.6. The second-order valence-electron chi connectivity index (χ2n) is 11.9. The first kappa shape index (κ1) is 27.1. The number of carbonyl (C=O) groups excluding carboxylic acids is 1. The molecule has 41 heavy (non-hydrogen) atoms. The van der Waals surface area contributed by atoms with Crippen LogP contribution in [0.3, 0.4) is 0 Å². The predicted molar refractivity (Wildman–Crippen MR) is 162 cm³/mol. The predicted octanol–water partition coefficient (Wildman–Crippen LogP) is 9.23. The summed E-state index contributed by atoms with van der Waals surface area (Å²) in [6.07, 6.45) is 13.0. The summed E-state index contributed by atoms with van der Waals surface area (Å²) in [5.74, 6) is 1.27. The van der Waals surface area contributed by atoms with E-state index < -0.39 is 0 Å². The molecule has 2 aliphatic heterocycles. The molecule has 6 nitrogen and oxygen atoms in total. The van der Waals surface area contributed by atoms with Crippen LogP contribution in [0.4, 0.5) is 10.5 Å². The van der Waals surface area contributed by atoms with Crippen LogP contribution in [0.5, 0.6) is 0 Å². The monoisotopic (exact) mass is 591 g/mol. The maximum atomic E-state index is 13.5. The molecular weight excluding hydrogens is 557 g/mol. The van der Waals surface area contributed by atoms with Crippen molar-refractivity contribution in [3.8, 4) is 11.3 Å². The van der Waals surface area contributed by atoms with Crippen molar-refractivity contribution in [2.45, 2.75) is 94.9 Å². The van der Waals surface area contributed by atoms with Gasteiger partial charge in [0.1, 0.15) is 11.5 Å². The first-order valence-corrected chi connectivity index (χ1v) is 15.7. The number of fused-ring (bicyclic) bond motifs is 2. The summed E-state index contributed by atoms with van der Waals surface area (Å²) in [5.41, 5.74) is 5.79. The summed E-state index contributed by atoms with van der Waals surface area (Å²) >= 11 is 13.1. The highest BCUT2D eigenvalue weighted by molar-refractivity contribution is 6.39. The largest absolute Gasteiger partial charge is 0.373 e. The highest BCUT2D eigenvalue weighted by atomic mass is 35.5. The average Bonchev–Trinajstić information content (AvgIpc) is 3.68. The number of anilines is 1. The van der Waals surface area contributed by atoms with Gasteiger partial charge >= 0.3 is 6.03 Å². The van der Waals surface area contributed by atoms with E-state index in [1.807, 2.05) is 30.3 Å². The molecule has 214 valence electrons. The lowest BCUT2D eigenvalue weighted by Gasteiger charge is -2.38. The molecule has 1 saturated carbocycles. The lowest BCUT2D eigenvalue weighted by atomic mass is 9.93. The normalized spacial score (nSPS) is 23.9. The molecule has 4 aliphatic rings. The molecule has 3 aromatic rings. The number of amides is 2. The molecule has 7 rings (SSSR count). The van der Waals surface area contributed by atoms with Crippen LogP contribution in [0.25, 0.3) is 16.8 Å². The van der Waals surface area contributed by atoms with Crippen molar-refractivity contribution in [3.05, 3.63) is 75.5 Å². The number of carbonyl (C=O) groups is 1. The van der Waals surface area contributed by atoms with Gasteiger partial charge in [-0.05, 0) is 99.6 Å². The Bertz CT molecular complexity index is 1450. The van der Waals surface area contributed by atoms with Crippen LogP contribution in [0.2, 0.25) is 10.0 Å². The first-order valence-electron chi connectivity index (χ1n) is 15.0. The zero-order chi connectivity index (χ0) is 27.9. The molecular formula is C33H35Cl2N3O3. The lowest BCUT2D eigenvalue weighted by molar-refractivity contribution is -0.0158. The standard InChI is InChI=1S/C33H35Cl2N3O3/c34-28-10-5-11-29(35)30(28)31-27(32(41-37-31)21-12-13-21)19-40-26-17-24-14-15-25(18-26)38(24)33(39)36-23-9-4-8-22(16-23)20-6-2-1-3-7-20/h4-6,8-11,16,21,24-26H,1-3,7,12-15,17-19H2,(H,36,39)/t24-,25?,26?/m0/s1. The summed E-state index contributed by atoms with van der Waals surface area (Å²) in [7, 11) is 0. The summed E-state index contributed by atoms with van der Waals surface area (Å²) in [5, 5.41) is 8.69. The van der Waals surface area contributed by atoms with Crippen molar-refractivity contribution in [1.82, 2.24) is 10.1 Å². The van der Waals surface area contributed by atoms with Gasteiger partial charge in [0.25, 0.3) is 0 Å². The number of allylic oxidation sites excluding steroid dienone is 2. The first-order chi connectivity index (χ1) is 20.0. The minimum absolute atomic E-state index is 0.00331. The van der Waals surface area contributed by atoms with E-state index in [2.05, 4.69) is 33.6 Å². The van der Waals surface area contributed by atoms with E-state index in [9.17, 15) is 4.79 Å². The molecule has 3 atom stereocenters. The molecule has 1 N–H and O–H groups in total. The van der Waals surface area contributed by atoms with Gasteiger partial charge in [-0.1, -0.05) is 52.6 Å². The number of benzene rings is 2. The van der Waals surface area contributed by atoms with Crippen molar-refractivity contribution < 1.29 is 14.1 Å². The van der Waals surface area contributed by atoms with E-state index in [1.165, 1.54) is 24.0 Å². The number of urea groups is 1. The SMILES string of the molecule is O=C(Nc1cccc(C2=CCCCC2)c1)N1C2CC[C@H]1CC(OCc1c(-c3c(Cl)cccc3Cl)noc1C1CC1)C2. The Morgan fingerprint density at radius 1 is 1.02 bits per heavy atom. The summed E-state index contributed by atoms with van der Waals surface area (Å²) in [6.45, 7) is 0.394. The van der Waals surface area contributed by atoms with Gasteiger partial charge in [-0.25, -0.2) is 4.79 Å². The fourth-order valence-corrected chi connectivity index (χ4v) is 7.51. The summed E-state index contributed by atoms with van der Waals surface area (Å²) in [4.78, 5) is 15.5. The maximum absolute atomic E-state index is 13.5. The Morgan fingerprint density at radius 3 is 2.49 bits per heavy atom. The van der Waals surface area contributed by atoms with E-state index >= 15 is 0 Å². The number of piperidine rings is 1. The Labute approximate surface area is 251 Å². The Kier molecular flexibility index (Phi) is 7.57. The van der Waals surface area contributed by atoms with E-state index in [0.717, 1.165) is 68.4 Å². The number of rotatable bonds is 7. The van der Waals surface area contributed by atoms with Gasteiger partial charge in [0.2, 0.25) is 0 Å². The van der Waals surface area contributed by atoms with Gasteiger partial charge in [0, 0.05) is 34.8 Å². The molecule has 2 aromatic carbocycles. The summed E-state index contributed by atoms with van der Waals surface area (Å²) < 4.78 is 12.4. The van der Waals surface area contributed by atoms with Gasteiger partial charge < -0.3 is 19.5 Å². The Balaban J connectivity index is 1.02. The van der Waals surface area contributed by atoms with E-state index in [4.69, 9.17) is 32.5 Å². The molecule has 2 aliphatic carbocycles.